The minimum atomic E-state index is 0.220. The van der Waals surface area contributed by atoms with E-state index in [9.17, 15) is 4.79 Å². The number of carbonyl (C=O) groups excluding carboxylic acids is 1. The molecule has 0 aromatic heterocycles. The monoisotopic (exact) mass is 308 g/mol. The maximum Gasteiger partial charge on any atom is 0.226 e. The molecule has 3 rings (SSSR count). The molecule has 1 saturated carbocycles. The van der Waals surface area contributed by atoms with Gasteiger partial charge in [-0.15, -0.1) is 0 Å². The van der Waals surface area contributed by atoms with Crippen molar-refractivity contribution < 1.29 is 4.79 Å². The second-order valence-corrected chi connectivity index (χ2v) is 5.99. The lowest BCUT2D eigenvalue weighted by Gasteiger charge is -2.27. The Bertz CT molecular complexity index is 457. The molecule has 1 amide bonds. The van der Waals surface area contributed by atoms with Gasteiger partial charge in [0.2, 0.25) is 5.91 Å². The molecule has 1 heterocycles. The molecule has 0 unspecified atom stereocenters. The summed E-state index contributed by atoms with van der Waals surface area (Å²) in [6.07, 6.45) is 1.01. The highest BCUT2D eigenvalue weighted by molar-refractivity contribution is 9.10. The van der Waals surface area contributed by atoms with Gasteiger partial charge in [-0.3, -0.25) is 4.79 Å². The summed E-state index contributed by atoms with van der Waals surface area (Å²) in [7, 11) is 0. The topological polar surface area (TPSA) is 32.3 Å². The Morgan fingerprint density at radius 1 is 1.33 bits per heavy atom. The minimum Gasteiger partial charge on any atom is -0.340 e. The average Bonchev–Trinajstić information content (AvgIpc) is 3.19. The molecule has 1 N–H and O–H groups in total. The number of halogens is 1. The molecule has 3 nitrogen and oxygen atoms in total. The molecule has 2 atom stereocenters. The predicted molar refractivity (Wildman–Crippen MR) is 74.4 cm³/mol. The van der Waals surface area contributed by atoms with Crippen molar-refractivity contribution in [2.24, 2.45) is 5.92 Å². The molecular formula is C14H17BrN2O. The highest BCUT2D eigenvalue weighted by atomic mass is 79.9. The SMILES string of the molecule is O=C([C@H]1C[C@H]1c1cccc(Br)c1)N1CCNCC1. The van der Waals surface area contributed by atoms with Crippen LogP contribution in [-0.4, -0.2) is 37.0 Å². The van der Waals surface area contributed by atoms with Crippen molar-refractivity contribution in [3.05, 3.63) is 34.3 Å². The van der Waals surface area contributed by atoms with E-state index in [2.05, 4.69) is 33.4 Å². The molecule has 0 bridgehead atoms. The zero-order chi connectivity index (χ0) is 12.5. The summed E-state index contributed by atoms with van der Waals surface area (Å²) in [5.74, 6) is 1.00. The Morgan fingerprint density at radius 2 is 2.11 bits per heavy atom. The number of benzene rings is 1. The normalized spacial score (nSPS) is 27.1. The zero-order valence-electron chi connectivity index (χ0n) is 10.2. The Hall–Kier alpha value is -0.870. The molecule has 1 aliphatic heterocycles. The van der Waals surface area contributed by atoms with Crippen LogP contribution in [0.25, 0.3) is 0 Å². The molecule has 1 aromatic rings. The summed E-state index contributed by atoms with van der Waals surface area (Å²) >= 11 is 3.49. The van der Waals surface area contributed by atoms with Gasteiger partial charge in [0, 0.05) is 36.6 Å². The summed E-state index contributed by atoms with van der Waals surface area (Å²) in [5, 5.41) is 3.28. The summed E-state index contributed by atoms with van der Waals surface area (Å²) in [5.41, 5.74) is 1.29. The molecule has 1 aliphatic carbocycles. The van der Waals surface area contributed by atoms with Crippen LogP contribution < -0.4 is 5.32 Å². The first-order chi connectivity index (χ1) is 8.75. The maximum atomic E-state index is 12.3. The van der Waals surface area contributed by atoms with Crippen LogP contribution in [0.4, 0.5) is 0 Å². The van der Waals surface area contributed by atoms with Gasteiger partial charge in [0.15, 0.2) is 0 Å². The first-order valence-electron chi connectivity index (χ1n) is 6.50. The summed E-state index contributed by atoms with van der Waals surface area (Å²) in [4.78, 5) is 14.3. The van der Waals surface area contributed by atoms with Gasteiger partial charge in [0.1, 0.15) is 0 Å². The Balaban J connectivity index is 1.64. The molecule has 0 radical (unpaired) electrons. The fourth-order valence-corrected chi connectivity index (χ4v) is 3.11. The molecule has 1 aromatic carbocycles. The lowest BCUT2D eigenvalue weighted by molar-refractivity contribution is -0.133. The van der Waals surface area contributed by atoms with E-state index in [1.54, 1.807) is 0 Å². The highest BCUT2D eigenvalue weighted by Gasteiger charge is 2.45. The van der Waals surface area contributed by atoms with Gasteiger partial charge in [-0.1, -0.05) is 28.1 Å². The van der Waals surface area contributed by atoms with Crippen molar-refractivity contribution in [1.29, 1.82) is 0 Å². The van der Waals surface area contributed by atoms with Crippen molar-refractivity contribution in [2.75, 3.05) is 26.2 Å². The number of nitrogens with zero attached hydrogens (tertiary/aromatic N) is 1. The lowest BCUT2D eigenvalue weighted by Crippen LogP contribution is -2.47. The van der Waals surface area contributed by atoms with Crippen molar-refractivity contribution in [3.63, 3.8) is 0 Å². The van der Waals surface area contributed by atoms with Crippen LogP contribution in [0.3, 0.4) is 0 Å². The standard InChI is InChI=1S/C14H17BrN2O/c15-11-3-1-2-10(8-11)12-9-13(12)14(18)17-6-4-16-5-7-17/h1-3,8,12-13,16H,4-7,9H2/t12-,13-/m0/s1. The second-order valence-electron chi connectivity index (χ2n) is 5.08. The fraction of sp³-hybridized carbons (Fsp3) is 0.500. The summed E-state index contributed by atoms with van der Waals surface area (Å²) < 4.78 is 1.10. The first kappa shape index (κ1) is 12.2. The van der Waals surface area contributed by atoms with E-state index in [4.69, 9.17) is 0 Å². The Kier molecular flexibility index (Phi) is 3.39. The van der Waals surface area contributed by atoms with Crippen LogP contribution in [0.15, 0.2) is 28.7 Å². The molecule has 1 saturated heterocycles. The molecule has 4 heteroatoms. The molecule has 18 heavy (non-hydrogen) atoms. The second kappa shape index (κ2) is 5.02. The molecular weight excluding hydrogens is 292 g/mol. The van der Waals surface area contributed by atoms with Gasteiger partial charge in [-0.2, -0.15) is 0 Å². The number of amides is 1. The first-order valence-corrected chi connectivity index (χ1v) is 7.30. The van der Waals surface area contributed by atoms with Crippen LogP contribution in [-0.2, 0) is 4.79 Å². The van der Waals surface area contributed by atoms with E-state index in [0.29, 0.717) is 11.8 Å². The highest BCUT2D eigenvalue weighted by Crippen LogP contribution is 2.48. The van der Waals surface area contributed by atoms with Crippen LogP contribution in [0.2, 0.25) is 0 Å². The third-order valence-corrected chi connectivity index (χ3v) is 4.31. The van der Waals surface area contributed by atoms with Gasteiger partial charge in [-0.05, 0) is 30.0 Å². The third-order valence-electron chi connectivity index (χ3n) is 3.81. The zero-order valence-corrected chi connectivity index (χ0v) is 11.8. The number of hydrogen-bond donors (Lipinski definition) is 1. The quantitative estimate of drug-likeness (QED) is 0.906. The largest absolute Gasteiger partial charge is 0.340 e. The van der Waals surface area contributed by atoms with E-state index in [1.807, 2.05) is 17.0 Å². The van der Waals surface area contributed by atoms with Gasteiger partial charge in [0.05, 0.1) is 0 Å². The number of piperazine rings is 1. The number of carbonyl (C=O) groups is 1. The molecule has 96 valence electrons. The van der Waals surface area contributed by atoms with Crippen LogP contribution >= 0.6 is 15.9 Å². The van der Waals surface area contributed by atoms with Crippen molar-refractivity contribution >= 4 is 21.8 Å². The number of rotatable bonds is 2. The summed E-state index contributed by atoms with van der Waals surface area (Å²) in [6, 6.07) is 8.33. The van der Waals surface area contributed by atoms with Gasteiger partial charge < -0.3 is 10.2 Å². The number of hydrogen-bond acceptors (Lipinski definition) is 2. The van der Waals surface area contributed by atoms with E-state index >= 15 is 0 Å². The smallest absolute Gasteiger partial charge is 0.226 e. The van der Waals surface area contributed by atoms with Crippen molar-refractivity contribution in [3.8, 4) is 0 Å². The number of nitrogens with one attached hydrogen (secondary N) is 1. The third kappa shape index (κ3) is 2.45. The molecule has 0 spiro atoms. The fourth-order valence-electron chi connectivity index (χ4n) is 2.69. The van der Waals surface area contributed by atoms with Crippen molar-refractivity contribution in [1.82, 2.24) is 10.2 Å². The maximum absolute atomic E-state index is 12.3. The Morgan fingerprint density at radius 3 is 2.83 bits per heavy atom. The Labute approximate surface area is 116 Å². The van der Waals surface area contributed by atoms with Gasteiger partial charge in [-0.25, -0.2) is 0 Å². The summed E-state index contributed by atoms with van der Waals surface area (Å²) in [6.45, 7) is 3.58. The predicted octanol–water partition coefficient (Wildman–Crippen LogP) is 1.98. The van der Waals surface area contributed by atoms with E-state index < -0.39 is 0 Å². The van der Waals surface area contributed by atoms with E-state index in [1.165, 1.54) is 5.56 Å². The van der Waals surface area contributed by atoms with E-state index in [0.717, 1.165) is 37.1 Å². The minimum absolute atomic E-state index is 0.220. The van der Waals surface area contributed by atoms with Crippen LogP contribution in [0, 0.1) is 5.92 Å². The lowest BCUT2D eigenvalue weighted by atomic mass is 10.1. The van der Waals surface area contributed by atoms with Crippen LogP contribution in [0.5, 0.6) is 0 Å². The van der Waals surface area contributed by atoms with E-state index in [-0.39, 0.29) is 5.92 Å². The van der Waals surface area contributed by atoms with Crippen LogP contribution in [0.1, 0.15) is 17.9 Å². The molecule has 2 aliphatic rings. The average molecular weight is 309 g/mol. The van der Waals surface area contributed by atoms with Gasteiger partial charge in [0.25, 0.3) is 0 Å². The van der Waals surface area contributed by atoms with Crippen molar-refractivity contribution in [2.45, 2.75) is 12.3 Å². The van der Waals surface area contributed by atoms with Gasteiger partial charge >= 0.3 is 0 Å². The molecule has 2 fully saturated rings.